The lowest BCUT2D eigenvalue weighted by Crippen LogP contribution is -2.52. The predicted molar refractivity (Wildman–Crippen MR) is 99.9 cm³/mol. The maximum Gasteiger partial charge on any atom is 0.0522 e. The maximum absolute atomic E-state index is 10.4. The molecule has 6 atom stereocenters. The number of allylic oxidation sites excluding steroid dienone is 1. The van der Waals surface area contributed by atoms with Gasteiger partial charge in [0.1, 0.15) is 0 Å². The third kappa shape index (κ3) is 2.37. The number of rotatable bonds is 3. The number of aromatic nitrogens is 2. The summed E-state index contributed by atoms with van der Waals surface area (Å²) in [6, 6.07) is 0. The van der Waals surface area contributed by atoms with Gasteiger partial charge in [-0.2, -0.15) is 5.10 Å². The Bertz CT molecular complexity index is 668. The van der Waals surface area contributed by atoms with Crippen LogP contribution >= 0.6 is 0 Å². The third-order valence-corrected chi connectivity index (χ3v) is 8.50. The van der Waals surface area contributed by atoms with Gasteiger partial charge in [-0.15, -0.1) is 0 Å². The fourth-order valence-corrected chi connectivity index (χ4v) is 6.76. The summed E-state index contributed by atoms with van der Waals surface area (Å²) in [4.78, 5) is 0. The highest BCUT2D eigenvalue weighted by atomic mass is 16.3. The number of hydrogen-bond donors (Lipinski definition) is 3. The zero-order valence-corrected chi connectivity index (χ0v) is 15.7. The molecule has 4 heteroatoms. The van der Waals surface area contributed by atoms with Crippen LogP contribution in [0, 0.1) is 34.5 Å². The third-order valence-electron chi connectivity index (χ3n) is 8.50. The van der Waals surface area contributed by atoms with Gasteiger partial charge in [0, 0.05) is 12.3 Å². The van der Waals surface area contributed by atoms with Crippen molar-refractivity contribution in [1.82, 2.24) is 10.2 Å². The van der Waals surface area contributed by atoms with Crippen LogP contribution in [0.15, 0.2) is 18.3 Å². The van der Waals surface area contributed by atoms with Crippen LogP contribution in [0.4, 0.5) is 0 Å². The smallest absolute Gasteiger partial charge is 0.0522 e. The molecule has 0 amide bonds. The lowest BCUT2D eigenvalue weighted by atomic mass is 9.49. The van der Waals surface area contributed by atoms with Crippen molar-refractivity contribution in [3.8, 4) is 0 Å². The minimum absolute atomic E-state index is 0.143. The molecule has 0 aromatic carbocycles. The summed E-state index contributed by atoms with van der Waals surface area (Å²) in [5.41, 5.74) is 10.6. The lowest BCUT2D eigenvalue weighted by molar-refractivity contribution is -0.0626. The molecular weight excluding hydrogens is 310 g/mol. The van der Waals surface area contributed by atoms with E-state index in [0.29, 0.717) is 36.8 Å². The van der Waals surface area contributed by atoms with E-state index in [1.54, 1.807) is 0 Å². The van der Waals surface area contributed by atoms with Crippen LogP contribution in [0.25, 0.3) is 0 Å². The molecule has 4 nitrogen and oxygen atoms in total. The van der Waals surface area contributed by atoms with Gasteiger partial charge in [-0.1, -0.05) is 26.0 Å². The monoisotopic (exact) mass is 343 g/mol. The first-order chi connectivity index (χ1) is 11.9. The first-order valence-corrected chi connectivity index (χ1v) is 9.94. The Morgan fingerprint density at radius 2 is 2.16 bits per heavy atom. The Labute approximate surface area is 151 Å². The summed E-state index contributed by atoms with van der Waals surface area (Å²) >= 11 is 0. The number of nitrogens with two attached hydrogens (primary N) is 1. The van der Waals surface area contributed by atoms with Gasteiger partial charge in [-0.25, -0.2) is 0 Å². The van der Waals surface area contributed by atoms with Crippen molar-refractivity contribution in [2.45, 2.75) is 52.4 Å². The number of nitrogens with one attached hydrogen (secondary N) is 1. The van der Waals surface area contributed by atoms with Crippen molar-refractivity contribution in [2.24, 2.45) is 40.2 Å². The second kappa shape index (κ2) is 5.95. The number of aromatic amines is 1. The number of hydrogen-bond acceptors (Lipinski definition) is 3. The maximum atomic E-state index is 10.4. The Hall–Kier alpha value is -1.13. The van der Waals surface area contributed by atoms with E-state index >= 15 is 0 Å². The molecule has 138 valence electrons. The van der Waals surface area contributed by atoms with Crippen LogP contribution in [-0.4, -0.2) is 28.5 Å². The standard InChI is InChI=1S/C21H33N3O/c1-13-4-5-17-16(12-25)18(6-7-20(13,17)2)21(3)9-14-11-23-24-19(14)8-15(21)10-22/h11,15-18,25H,1,4-10,12,22H2,2-3H3,(H,23,24)/t15-,16+,17+,18+,20-,21+/m1/s1. The van der Waals surface area contributed by atoms with Gasteiger partial charge < -0.3 is 10.8 Å². The molecule has 0 bridgehead atoms. The summed E-state index contributed by atoms with van der Waals surface area (Å²) in [5.74, 6) is 1.92. The molecule has 25 heavy (non-hydrogen) atoms. The largest absolute Gasteiger partial charge is 0.396 e. The molecule has 2 fully saturated rings. The molecule has 0 aliphatic heterocycles. The Balaban J connectivity index is 1.69. The Morgan fingerprint density at radius 3 is 2.88 bits per heavy atom. The molecule has 2 saturated carbocycles. The van der Waals surface area contributed by atoms with Crippen LogP contribution in [-0.2, 0) is 12.8 Å². The van der Waals surface area contributed by atoms with E-state index in [4.69, 9.17) is 5.73 Å². The Kier molecular flexibility index (Phi) is 4.12. The second-order valence-electron chi connectivity index (χ2n) is 9.35. The normalized spacial score (nSPS) is 43.8. The molecule has 3 aliphatic carbocycles. The van der Waals surface area contributed by atoms with E-state index in [-0.39, 0.29) is 10.8 Å². The van der Waals surface area contributed by atoms with Gasteiger partial charge in [0.15, 0.2) is 0 Å². The predicted octanol–water partition coefficient (Wildman–Crippen LogP) is 3.08. The highest BCUT2D eigenvalue weighted by Crippen LogP contribution is 2.62. The average Bonchev–Trinajstić information content (AvgIpc) is 3.17. The van der Waals surface area contributed by atoms with Gasteiger partial charge in [0.25, 0.3) is 0 Å². The molecular formula is C21H33N3O. The van der Waals surface area contributed by atoms with Gasteiger partial charge in [-0.3, -0.25) is 5.10 Å². The molecule has 4 N–H and O–H groups in total. The average molecular weight is 344 g/mol. The van der Waals surface area contributed by atoms with Crippen LogP contribution in [0.5, 0.6) is 0 Å². The molecule has 0 radical (unpaired) electrons. The van der Waals surface area contributed by atoms with E-state index in [2.05, 4.69) is 30.6 Å². The second-order valence-corrected chi connectivity index (χ2v) is 9.35. The van der Waals surface area contributed by atoms with E-state index in [1.165, 1.54) is 36.1 Å². The van der Waals surface area contributed by atoms with Crippen molar-refractivity contribution >= 4 is 0 Å². The summed E-state index contributed by atoms with van der Waals surface area (Å²) in [5, 5.41) is 17.8. The molecule has 4 rings (SSSR count). The Morgan fingerprint density at radius 1 is 1.36 bits per heavy atom. The SMILES string of the molecule is C=C1CC[C@H]2[C@H](CO)[C@@H]([C@@]3(C)Cc4cn[nH]c4C[C@@H]3CN)CC[C@]12C. The van der Waals surface area contributed by atoms with Crippen molar-refractivity contribution in [1.29, 1.82) is 0 Å². The zero-order chi connectivity index (χ0) is 17.8. The van der Waals surface area contributed by atoms with E-state index in [1.807, 2.05) is 6.20 Å². The van der Waals surface area contributed by atoms with E-state index in [0.717, 1.165) is 19.3 Å². The zero-order valence-electron chi connectivity index (χ0n) is 15.7. The van der Waals surface area contributed by atoms with Crippen molar-refractivity contribution in [3.05, 3.63) is 29.6 Å². The highest BCUT2D eigenvalue weighted by molar-refractivity contribution is 5.26. The molecule has 1 aromatic heterocycles. The number of fused-ring (bicyclic) bond motifs is 2. The molecule has 0 unspecified atom stereocenters. The fourth-order valence-electron chi connectivity index (χ4n) is 6.76. The quantitative estimate of drug-likeness (QED) is 0.738. The van der Waals surface area contributed by atoms with Crippen molar-refractivity contribution < 1.29 is 5.11 Å². The molecule has 1 heterocycles. The van der Waals surface area contributed by atoms with Crippen LogP contribution < -0.4 is 5.73 Å². The molecule has 0 spiro atoms. The van der Waals surface area contributed by atoms with Crippen LogP contribution in [0.2, 0.25) is 0 Å². The lowest BCUT2D eigenvalue weighted by Gasteiger charge is -2.55. The highest BCUT2D eigenvalue weighted by Gasteiger charge is 2.56. The number of aliphatic hydroxyl groups excluding tert-OH is 1. The summed E-state index contributed by atoms with van der Waals surface area (Å²) in [6.07, 6.45) is 8.74. The molecule has 3 aliphatic rings. The van der Waals surface area contributed by atoms with Gasteiger partial charge in [0.05, 0.1) is 6.20 Å². The van der Waals surface area contributed by atoms with Gasteiger partial charge >= 0.3 is 0 Å². The van der Waals surface area contributed by atoms with Gasteiger partial charge in [0.2, 0.25) is 0 Å². The minimum atomic E-state index is 0.143. The van der Waals surface area contributed by atoms with Crippen LogP contribution in [0.1, 0.15) is 50.8 Å². The first-order valence-electron chi connectivity index (χ1n) is 9.94. The van der Waals surface area contributed by atoms with Crippen molar-refractivity contribution in [2.75, 3.05) is 13.2 Å². The van der Waals surface area contributed by atoms with Crippen molar-refractivity contribution in [3.63, 3.8) is 0 Å². The summed E-state index contributed by atoms with van der Waals surface area (Å²) < 4.78 is 0. The first kappa shape index (κ1) is 17.3. The fraction of sp³-hybridized carbons (Fsp3) is 0.762. The van der Waals surface area contributed by atoms with E-state index in [9.17, 15) is 5.11 Å². The molecule has 0 saturated heterocycles. The van der Waals surface area contributed by atoms with E-state index < -0.39 is 0 Å². The van der Waals surface area contributed by atoms with Gasteiger partial charge in [-0.05, 0) is 85.1 Å². The number of nitrogens with zero attached hydrogens (tertiary/aromatic N) is 1. The number of H-pyrrole nitrogens is 1. The minimum Gasteiger partial charge on any atom is -0.396 e. The molecule has 1 aromatic rings. The summed E-state index contributed by atoms with van der Waals surface area (Å²) in [6.45, 7) is 10.2. The number of aliphatic hydroxyl groups is 1. The van der Waals surface area contributed by atoms with Crippen LogP contribution in [0.3, 0.4) is 0 Å². The summed E-state index contributed by atoms with van der Waals surface area (Å²) in [7, 11) is 0. The topological polar surface area (TPSA) is 74.9 Å².